The van der Waals surface area contributed by atoms with Crippen molar-refractivity contribution in [3.05, 3.63) is 47.6 Å². The second-order valence-corrected chi connectivity index (χ2v) is 5.66. The number of aryl methyl sites for hydroxylation is 1. The van der Waals surface area contributed by atoms with E-state index in [0.29, 0.717) is 11.7 Å². The van der Waals surface area contributed by atoms with Gasteiger partial charge in [-0.05, 0) is 26.3 Å². The van der Waals surface area contributed by atoms with E-state index in [-0.39, 0.29) is 18.2 Å². The highest BCUT2D eigenvalue weighted by Gasteiger charge is 2.31. The van der Waals surface area contributed by atoms with Crippen molar-refractivity contribution < 1.29 is 9.26 Å². The van der Waals surface area contributed by atoms with E-state index in [9.17, 15) is 0 Å². The van der Waals surface area contributed by atoms with Gasteiger partial charge in [-0.15, -0.1) is 0 Å². The van der Waals surface area contributed by atoms with E-state index in [4.69, 9.17) is 9.26 Å². The second kappa shape index (κ2) is 5.95. The summed E-state index contributed by atoms with van der Waals surface area (Å²) in [5, 5.41) is 3.88. The van der Waals surface area contributed by atoms with Crippen LogP contribution in [0.15, 0.2) is 34.9 Å². The van der Waals surface area contributed by atoms with Gasteiger partial charge in [0, 0.05) is 13.1 Å². The molecule has 2 heterocycles. The van der Waals surface area contributed by atoms with Crippen molar-refractivity contribution in [2.75, 3.05) is 13.1 Å². The van der Waals surface area contributed by atoms with Gasteiger partial charge < -0.3 is 9.26 Å². The molecule has 3 rings (SSSR count). The van der Waals surface area contributed by atoms with Crippen LogP contribution in [-0.4, -0.2) is 34.2 Å². The van der Waals surface area contributed by atoms with Crippen molar-refractivity contribution in [2.45, 2.75) is 39.0 Å². The smallest absolute Gasteiger partial charge is 0.243 e. The van der Waals surface area contributed by atoms with E-state index in [1.165, 1.54) is 5.56 Å². The fourth-order valence-electron chi connectivity index (χ4n) is 2.79. The van der Waals surface area contributed by atoms with Crippen molar-refractivity contribution in [2.24, 2.45) is 0 Å². The Bertz CT molecular complexity index is 584. The van der Waals surface area contributed by atoms with E-state index >= 15 is 0 Å². The van der Waals surface area contributed by atoms with Crippen LogP contribution in [0.1, 0.15) is 43.3 Å². The molecule has 1 aromatic carbocycles. The minimum Gasteiger partial charge on any atom is -0.368 e. The highest BCUT2D eigenvalue weighted by molar-refractivity contribution is 5.18. The first-order valence-corrected chi connectivity index (χ1v) is 7.38. The summed E-state index contributed by atoms with van der Waals surface area (Å²) >= 11 is 0. The zero-order valence-corrected chi connectivity index (χ0v) is 12.7. The van der Waals surface area contributed by atoms with Gasteiger partial charge >= 0.3 is 0 Å². The molecular formula is C16H21N3O2. The normalized spacial score (nSPS) is 24.9. The molecule has 1 aliphatic heterocycles. The molecule has 0 radical (unpaired) electrons. The van der Waals surface area contributed by atoms with E-state index in [0.717, 1.165) is 13.1 Å². The summed E-state index contributed by atoms with van der Waals surface area (Å²) in [5.74, 6) is 1.35. The molecule has 2 aromatic rings. The summed E-state index contributed by atoms with van der Waals surface area (Å²) in [5.41, 5.74) is 1.21. The largest absolute Gasteiger partial charge is 0.368 e. The van der Waals surface area contributed by atoms with E-state index in [1.807, 2.05) is 25.1 Å². The molecule has 3 atom stereocenters. The van der Waals surface area contributed by atoms with E-state index in [2.05, 4.69) is 41.0 Å². The molecule has 1 aromatic heterocycles. The van der Waals surface area contributed by atoms with Crippen LogP contribution in [0.4, 0.5) is 0 Å². The molecule has 1 aliphatic rings. The number of aromatic nitrogens is 2. The maximum Gasteiger partial charge on any atom is 0.243 e. The van der Waals surface area contributed by atoms with Crippen molar-refractivity contribution >= 4 is 0 Å². The highest BCUT2D eigenvalue weighted by atomic mass is 16.5. The van der Waals surface area contributed by atoms with Crippen molar-refractivity contribution in [3.63, 3.8) is 0 Å². The van der Waals surface area contributed by atoms with Gasteiger partial charge in [-0.2, -0.15) is 4.98 Å². The minimum absolute atomic E-state index is 0.0846. The topological polar surface area (TPSA) is 51.4 Å². The molecule has 0 saturated carbocycles. The van der Waals surface area contributed by atoms with Crippen LogP contribution in [-0.2, 0) is 4.74 Å². The Labute approximate surface area is 124 Å². The molecule has 0 unspecified atom stereocenters. The van der Waals surface area contributed by atoms with Crippen LogP contribution in [0.2, 0.25) is 0 Å². The fraction of sp³-hybridized carbons (Fsp3) is 0.500. The quantitative estimate of drug-likeness (QED) is 0.868. The van der Waals surface area contributed by atoms with Gasteiger partial charge in [0.1, 0.15) is 0 Å². The number of hydrogen-bond donors (Lipinski definition) is 0. The summed E-state index contributed by atoms with van der Waals surface area (Å²) < 4.78 is 11.4. The first kappa shape index (κ1) is 14.2. The summed E-state index contributed by atoms with van der Waals surface area (Å²) in [4.78, 5) is 6.69. The molecule has 1 saturated heterocycles. The molecule has 0 amide bonds. The monoisotopic (exact) mass is 287 g/mol. The number of rotatable bonds is 3. The summed E-state index contributed by atoms with van der Waals surface area (Å²) in [6.07, 6.45) is 0.261. The van der Waals surface area contributed by atoms with Crippen molar-refractivity contribution in [3.8, 4) is 0 Å². The van der Waals surface area contributed by atoms with Crippen molar-refractivity contribution in [1.82, 2.24) is 15.0 Å². The Morgan fingerprint density at radius 1 is 1.24 bits per heavy atom. The summed E-state index contributed by atoms with van der Waals surface area (Å²) in [6.45, 7) is 7.75. The summed E-state index contributed by atoms with van der Waals surface area (Å²) in [6, 6.07) is 10.5. The average molecular weight is 287 g/mol. The number of hydrogen-bond acceptors (Lipinski definition) is 5. The Hall–Kier alpha value is -1.72. The lowest BCUT2D eigenvalue weighted by molar-refractivity contribution is -0.0922. The maximum absolute atomic E-state index is 6.09. The fourth-order valence-corrected chi connectivity index (χ4v) is 2.79. The number of morpholine rings is 1. The average Bonchev–Trinajstić information content (AvgIpc) is 2.93. The molecule has 0 spiro atoms. The van der Waals surface area contributed by atoms with Gasteiger partial charge in [0.2, 0.25) is 5.89 Å². The lowest BCUT2D eigenvalue weighted by atomic mass is 10.1. The molecule has 112 valence electrons. The van der Waals surface area contributed by atoms with Gasteiger partial charge in [-0.25, -0.2) is 0 Å². The van der Waals surface area contributed by atoms with Gasteiger partial charge in [0.05, 0.1) is 18.2 Å². The Kier molecular flexibility index (Phi) is 4.03. The number of benzene rings is 1. The Morgan fingerprint density at radius 2 is 2.00 bits per heavy atom. The molecule has 5 heteroatoms. The first-order valence-electron chi connectivity index (χ1n) is 7.38. The van der Waals surface area contributed by atoms with Crippen LogP contribution < -0.4 is 0 Å². The third-order valence-corrected chi connectivity index (χ3v) is 3.91. The van der Waals surface area contributed by atoms with E-state index in [1.54, 1.807) is 0 Å². The third-order valence-electron chi connectivity index (χ3n) is 3.91. The van der Waals surface area contributed by atoms with Crippen LogP contribution in [0, 0.1) is 6.92 Å². The van der Waals surface area contributed by atoms with Gasteiger partial charge in [-0.3, -0.25) is 4.90 Å². The van der Waals surface area contributed by atoms with Gasteiger partial charge in [0.15, 0.2) is 5.82 Å². The van der Waals surface area contributed by atoms with Crippen LogP contribution in [0.3, 0.4) is 0 Å². The maximum atomic E-state index is 6.09. The van der Waals surface area contributed by atoms with Crippen LogP contribution in [0.25, 0.3) is 0 Å². The molecule has 21 heavy (non-hydrogen) atoms. The van der Waals surface area contributed by atoms with Crippen LogP contribution >= 0.6 is 0 Å². The highest BCUT2D eigenvalue weighted by Crippen LogP contribution is 2.30. The second-order valence-electron chi connectivity index (χ2n) is 5.66. The molecule has 0 bridgehead atoms. The first-order chi connectivity index (χ1) is 10.1. The van der Waals surface area contributed by atoms with Crippen molar-refractivity contribution in [1.29, 1.82) is 0 Å². The zero-order valence-electron chi connectivity index (χ0n) is 12.7. The standard InChI is InChI=1S/C16H21N3O2/c1-11-9-19(12(2)16-17-13(3)18-21-16)10-15(20-11)14-7-5-4-6-8-14/h4-8,11-12,15H,9-10H2,1-3H3/t11-,12-,15-/m0/s1. The predicted octanol–water partition coefficient (Wildman–Crippen LogP) is 2.90. The summed E-state index contributed by atoms with van der Waals surface area (Å²) in [7, 11) is 0. The SMILES string of the molecule is Cc1noc([C@H](C)N2C[C@@H](c3ccccc3)O[C@@H](C)C2)n1. The third kappa shape index (κ3) is 3.14. The lowest BCUT2D eigenvalue weighted by Gasteiger charge is -2.39. The van der Waals surface area contributed by atoms with E-state index < -0.39 is 0 Å². The Balaban J connectivity index is 1.77. The number of ether oxygens (including phenoxy) is 1. The predicted molar refractivity (Wildman–Crippen MR) is 78.8 cm³/mol. The zero-order chi connectivity index (χ0) is 14.8. The molecular weight excluding hydrogens is 266 g/mol. The molecule has 1 fully saturated rings. The van der Waals surface area contributed by atoms with Gasteiger partial charge in [-0.1, -0.05) is 35.5 Å². The Morgan fingerprint density at radius 3 is 2.67 bits per heavy atom. The minimum atomic E-state index is 0.0846. The lowest BCUT2D eigenvalue weighted by Crippen LogP contribution is -2.44. The van der Waals surface area contributed by atoms with Crippen LogP contribution in [0.5, 0.6) is 0 Å². The molecule has 0 aliphatic carbocycles. The molecule has 5 nitrogen and oxygen atoms in total. The number of nitrogens with zero attached hydrogens (tertiary/aromatic N) is 3. The molecule has 0 N–H and O–H groups in total. The van der Waals surface area contributed by atoms with Gasteiger partial charge in [0.25, 0.3) is 0 Å².